The molecule has 4 aliphatic heterocycles. The molecule has 8 nitrogen and oxygen atoms in total. The zero-order valence-corrected chi connectivity index (χ0v) is 20.2. The number of likely N-dealkylation sites (tertiary alicyclic amines) is 2. The number of amides is 1. The molecule has 0 radical (unpaired) electrons. The molecule has 31 heavy (non-hydrogen) atoms. The van der Waals surface area contributed by atoms with Crippen molar-refractivity contribution in [3.05, 3.63) is 0 Å². The highest BCUT2D eigenvalue weighted by Crippen LogP contribution is 2.19. The molecule has 0 saturated carbocycles. The van der Waals surface area contributed by atoms with E-state index < -0.39 is 0 Å². The summed E-state index contributed by atoms with van der Waals surface area (Å²) in [6.07, 6.45) is 2.42. The Kier molecular flexibility index (Phi) is 8.22. The number of piperazine rings is 2. The van der Waals surface area contributed by atoms with Crippen LogP contribution in [0.1, 0.15) is 19.8 Å². The Bertz CT molecular complexity index is 560. The number of carbonyl (C=O) groups excluding carboxylic acids is 1. The fourth-order valence-electron chi connectivity index (χ4n) is 5.62. The minimum atomic E-state index is 0.276. The Balaban J connectivity index is 1.11. The van der Waals surface area contributed by atoms with Gasteiger partial charge in [0.2, 0.25) is 5.91 Å². The minimum absolute atomic E-state index is 0.276. The second kappa shape index (κ2) is 10.9. The van der Waals surface area contributed by atoms with E-state index in [-0.39, 0.29) is 5.91 Å². The van der Waals surface area contributed by atoms with Gasteiger partial charge in [-0.15, -0.1) is 0 Å². The smallest absolute Gasteiger partial charge is 0.237 e. The zero-order valence-electron chi connectivity index (χ0n) is 20.2. The van der Waals surface area contributed by atoms with E-state index in [4.69, 9.17) is 0 Å². The van der Waals surface area contributed by atoms with Crippen LogP contribution in [0.4, 0.5) is 0 Å². The maximum Gasteiger partial charge on any atom is 0.237 e. The highest BCUT2D eigenvalue weighted by molar-refractivity contribution is 5.77. The standard InChI is InChI=1S/C23H45N7O/c1-4-26-17-22(18-26)30-15-11-28(12-16-30)20-25(3)23(31)19-27-7-5-21(6-8-27)29-13-9-24(2)10-14-29/h21-22H,4-20H2,1-3H3. The number of likely N-dealkylation sites (N-methyl/N-ethyl adjacent to an activating group) is 3. The molecule has 0 aromatic carbocycles. The molecule has 4 fully saturated rings. The molecular weight excluding hydrogens is 390 g/mol. The third-order valence-corrected chi connectivity index (χ3v) is 8.12. The van der Waals surface area contributed by atoms with Crippen molar-refractivity contribution in [2.24, 2.45) is 0 Å². The number of piperidine rings is 1. The van der Waals surface area contributed by atoms with Crippen LogP contribution in [0.25, 0.3) is 0 Å². The number of carbonyl (C=O) groups is 1. The van der Waals surface area contributed by atoms with E-state index in [0.717, 1.165) is 52.0 Å². The van der Waals surface area contributed by atoms with Crippen LogP contribution in [-0.2, 0) is 4.79 Å². The molecule has 4 aliphatic rings. The van der Waals surface area contributed by atoms with E-state index in [0.29, 0.717) is 12.6 Å². The maximum atomic E-state index is 12.8. The summed E-state index contributed by atoms with van der Waals surface area (Å²) in [5.74, 6) is 0.276. The molecule has 0 aromatic heterocycles. The van der Waals surface area contributed by atoms with Crippen LogP contribution >= 0.6 is 0 Å². The first-order valence-corrected chi connectivity index (χ1v) is 12.6. The SMILES string of the molecule is CCN1CC(N2CCN(CN(C)C(=O)CN3CCC(N4CCN(C)CC4)CC3)CC2)C1. The van der Waals surface area contributed by atoms with Crippen molar-refractivity contribution in [1.82, 2.24) is 34.3 Å². The van der Waals surface area contributed by atoms with Crippen molar-refractivity contribution >= 4 is 5.91 Å². The molecule has 1 amide bonds. The van der Waals surface area contributed by atoms with Crippen LogP contribution in [0.3, 0.4) is 0 Å². The quantitative estimate of drug-likeness (QED) is 0.531. The first kappa shape index (κ1) is 23.4. The van der Waals surface area contributed by atoms with Crippen molar-refractivity contribution in [3.8, 4) is 0 Å². The van der Waals surface area contributed by atoms with Crippen molar-refractivity contribution in [1.29, 1.82) is 0 Å². The fraction of sp³-hybridized carbons (Fsp3) is 0.957. The van der Waals surface area contributed by atoms with Gasteiger partial charge in [0.05, 0.1) is 13.2 Å². The Labute approximate surface area is 189 Å². The number of hydrogen-bond donors (Lipinski definition) is 0. The van der Waals surface area contributed by atoms with Gasteiger partial charge >= 0.3 is 0 Å². The van der Waals surface area contributed by atoms with Crippen molar-refractivity contribution in [2.75, 3.05) is 112 Å². The lowest BCUT2D eigenvalue weighted by Gasteiger charge is -2.48. The normalized spacial score (nSPS) is 27.5. The van der Waals surface area contributed by atoms with Gasteiger partial charge in [0.1, 0.15) is 0 Å². The average Bonchev–Trinajstić information content (AvgIpc) is 2.75. The van der Waals surface area contributed by atoms with E-state index in [9.17, 15) is 4.79 Å². The molecule has 0 unspecified atom stereocenters. The molecule has 178 valence electrons. The lowest BCUT2D eigenvalue weighted by molar-refractivity contribution is -0.134. The summed E-state index contributed by atoms with van der Waals surface area (Å²) < 4.78 is 0. The van der Waals surface area contributed by atoms with E-state index in [1.165, 1.54) is 58.7 Å². The second-order valence-electron chi connectivity index (χ2n) is 10.2. The van der Waals surface area contributed by atoms with E-state index in [1.54, 1.807) is 0 Å². The Hall–Kier alpha value is -0.770. The molecule has 4 heterocycles. The number of rotatable bonds is 7. The van der Waals surface area contributed by atoms with Crippen molar-refractivity contribution < 1.29 is 4.79 Å². The average molecular weight is 436 g/mol. The van der Waals surface area contributed by atoms with Crippen LogP contribution in [0.15, 0.2) is 0 Å². The van der Waals surface area contributed by atoms with Gasteiger partial charge < -0.3 is 14.7 Å². The molecule has 0 aromatic rings. The third-order valence-electron chi connectivity index (χ3n) is 8.12. The van der Waals surface area contributed by atoms with Gasteiger partial charge in [0, 0.05) is 97.7 Å². The summed E-state index contributed by atoms with van der Waals surface area (Å²) in [5, 5.41) is 0. The van der Waals surface area contributed by atoms with Gasteiger partial charge in [-0.2, -0.15) is 0 Å². The van der Waals surface area contributed by atoms with Gasteiger partial charge in [0.15, 0.2) is 0 Å². The van der Waals surface area contributed by atoms with Crippen LogP contribution in [0, 0.1) is 0 Å². The largest absolute Gasteiger partial charge is 0.332 e. The molecule has 0 atom stereocenters. The lowest BCUT2D eigenvalue weighted by atomic mass is 10.0. The van der Waals surface area contributed by atoms with Gasteiger partial charge in [-0.25, -0.2) is 0 Å². The highest BCUT2D eigenvalue weighted by atomic mass is 16.2. The molecule has 4 rings (SSSR count). The summed E-state index contributed by atoms with van der Waals surface area (Å²) in [6.45, 7) is 18.6. The molecule has 0 bridgehead atoms. The van der Waals surface area contributed by atoms with Crippen LogP contribution in [-0.4, -0.2) is 165 Å². The first-order valence-electron chi connectivity index (χ1n) is 12.6. The third kappa shape index (κ3) is 6.18. The lowest BCUT2D eigenvalue weighted by Crippen LogP contribution is -2.63. The minimum Gasteiger partial charge on any atom is -0.332 e. The number of hydrogen-bond acceptors (Lipinski definition) is 7. The molecular formula is C23H45N7O. The predicted molar refractivity (Wildman–Crippen MR) is 125 cm³/mol. The summed E-state index contributed by atoms with van der Waals surface area (Å²) in [6, 6.07) is 1.48. The van der Waals surface area contributed by atoms with Crippen molar-refractivity contribution in [2.45, 2.75) is 31.8 Å². The van der Waals surface area contributed by atoms with E-state index in [1.807, 2.05) is 11.9 Å². The highest BCUT2D eigenvalue weighted by Gasteiger charge is 2.33. The second-order valence-corrected chi connectivity index (χ2v) is 10.2. The fourth-order valence-corrected chi connectivity index (χ4v) is 5.62. The zero-order chi connectivity index (χ0) is 21.8. The first-order chi connectivity index (χ1) is 15.0. The van der Waals surface area contributed by atoms with Crippen LogP contribution < -0.4 is 0 Å². The van der Waals surface area contributed by atoms with Crippen LogP contribution in [0.2, 0.25) is 0 Å². The van der Waals surface area contributed by atoms with Gasteiger partial charge in [-0.3, -0.25) is 24.4 Å². The van der Waals surface area contributed by atoms with Gasteiger partial charge in [-0.1, -0.05) is 6.92 Å². The van der Waals surface area contributed by atoms with Crippen molar-refractivity contribution in [3.63, 3.8) is 0 Å². The summed E-state index contributed by atoms with van der Waals surface area (Å²) in [7, 11) is 4.20. The number of nitrogens with zero attached hydrogens (tertiary/aromatic N) is 7. The molecule has 0 N–H and O–H groups in total. The summed E-state index contributed by atoms with van der Waals surface area (Å²) in [4.78, 5) is 29.9. The van der Waals surface area contributed by atoms with Gasteiger partial charge in [0.25, 0.3) is 0 Å². The molecule has 4 saturated heterocycles. The predicted octanol–water partition coefficient (Wildman–Crippen LogP) is -0.564. The molecule has 0 spiro atoms. The summed E-state index contributed by atoms with van der Waals surface area (Å²) >= 11 is 0. The Morgan fingerprint density at radius 2 is 1.35 bits per heavy atom. The Morgan fingerprint density at radius 1 is 0.774 bits per heavy atom. The van der Waals surface area contributed by atoms with E-state index in [2.05, 4.69) is 43.4 Å². The summed E-state index contributed by atoms with van der Waals surface area (Å²) in [5.41, 5.74) is 0. The van der Waals surface area contributed by atoms with E-state index >= 15 is 0 Å². The molecule has 8 heteroatoms. The van der Waals surface area contributed by atoms with Gasteiger partial charge in [-0.05, 0) is 26.4 Å². The topological polar surface area (TPSA) is 39.8 Å². The van der Waals surface area contributed by atoms with Crippen LogP contribution in [0.5, 0.6) is 0 Å². The molecule has 0 aliphatic carbocycles. The monoisotopic (exact) mass is 435 g/mol. The maximum absolute atomic E-state index is 12.8. The Morgan fingerprint density at radius 3 is 1.97 bits per heavy atom.